The molecular formula is C34H32O6. The van der Waals surface area contributed by atoms with Gasteiger partial charge in [0.05, 0.1) is 0 Å². The van der Waals surface area contributed by atoms with Crippen molar-refractivity contribution in [3.8, 4) is 28.0 Å². The SMILES string of the molecule is C=C(C)C(=O)Oc1ccc(-c2ccc(-c3ccc4c(c3)C(OC(=O)C(=C)C)CC4OC(=O)C(=C)C)c(C)c2)cc1. The molecule has 0 fully saturated rings. The highest BCUT2D eigenvalue weighted by Crippen LogP contribution is 2.45. The minimum Gasteiger partial charge on any atom is -0.454 e. The van der Waals surface area contributed by atoms with Crippen LogP contribution in [0, 0.1) is 6.92 Å². The van der Waals surface area contributed by atoms with E-state index in [1.807, 2.05) is 49.4 Å². The molecule has 0 saturated carbocycles. The third kappa shape index (κ3) is 6.12. The van der Waals surface area contributed by atoms with Crippen molar-refractivity contribution in [2.24, 2.45) is 0 Å². The van der Waals surface area contributed by atoms with Crippen molar-refractivity contribution in [3.63, 3.8) is 0 Å². The van der Waals surface area contributed by atoms with Crippen molar-refractivity contribution in [2.45, 2.75) is 46.3 Å². The minimum atomic E-state index is -0.570. The molecule has 204 valence electrons. The molecule has 0 saturated heterocycles. The van der Waals surface area contributed by atoms with E-state index in [0.717, 1.165) is 38.9 Å². The van der Waals surface area contributed by atoms with Gasteiger partial charge >= 0.3 is 17.9 Å². The third-order valence-corrected chi connectivity index (χ3v) is 6.69. The molecule has 0 heterocycles. The predicted octanol–water partition coefficient (Wildman–Crippen LogP) is 7.54. The van der Waals surface area contributed by atoms with Gasteiger partial charge in [-0.3, -0.25) is 0 Å². The van der Waals surface area contributed by atoms with Crippen molar-refractivity contribution in [2.75, 3.05) is 0 Å². The monoisotopic (exact) mass is 536 g/mol. The van der Waals surface area contributed by atoms with Gasteiger partial charge in [-0.1, -0.05) is 62.2 Å². The quantitative estimate of drug-likeness (QED) is 0.168. The third-order valence-electron chi connectivity index (χ3n) is 6.69. The standard InChI is InChI=1S/C34H32O6/c1-19(2)32(35)38-26-12-8-23(9-13-26)24-10-14-27(22(7)16-24)25-11-15-28-29(17-25)31(40-34(37)21(5)6)18-30(28)39-33(36)20(3)4/h8-17,30-31H,1,3,5,18H2,2,4,6-7H3. The fourth-order valence-corrected chi connectivity index (χ4v) is 4.52. The van der Waals surface area contributed by atoms with E-state index in [1.54, 1.807) is 32.9 Å². The van der Waals surface area contributed by atoms with Gasteiger partial charge in [-0.15, -0.1) is 0 Å². The maximum atomic E-state index is 12.4. The minimum absolute atomic E-state index is 0.300. The maximum Gasteiger partial charge on any atom is 0.338 e. The Morgan fingerprint density at radius 1 is 0.650 bits per heavy atom. The van der Waals surface area contributed by atoms with E-state index < -0.39 is 30.1 Å². The lowest BCUT2D eigenvalue weighted by Gasteiger charge is -2.15. The average molecular weight is 537 g/mol. The van der Waals surface area contributed by atoms with Crippen LogP contribution in [0.25, 0.3) is 22.3 Å². The Labute approximate surface area is 234 Å². The summed E-state index contributed by atoms with van der Waals surface area (Å²) in [5.41, 5.74) is 7.56. The van der Waals surface area contributed by atoms with Crippen LogP contribution >= 0.6 is 0 Å². The summed E-state index contributed by atoms with van der Waals surface area (Å²) in [5.74, 6) is -0.980. The van der Waals surface area contributed by atoms with E-state index >= 15 is 0 Å². The number of rotatable bonds is 8. The molecule has 3 aromatic rings. The number of carbonyl (C=O) groups excluding carboxylic acids is 3. The molecule has 1 aliphatic carbocycles. The Balaban J connectivity index is 1.62. The topological polar surface area (TPSA) is 78.9 Å². The fourth-order valence-electron chi connectivity index (χ4n) is 4.52. The summed E-state index contributed by atoms with van der Waals surface area (Å²) in [7, 11) is 0. The van der Waals surface area contributed by atoms with Crippen LogP contribution < -0.4 is 4.74 Å². The number of fused-ring (bicyclic) bond motifs is 1. The Bertz CT molecular complexity index is 1540. The Hall–Kier alpha value is -4.71. The molecule has 0 bridgehead atoms. The molecule has 0 N–H and O–H groups in total. The van der Waals surface area contributed by atoms with Crippen LogP contribution in [0.1, 0.15) is 56.1 Å². The summed E-state index contributed by atoms with van der Waals surface area (Å²) in [4.78, 5) is 36.4. The molecule has 6 heteroatoms. The zero-order chi connectivity index (χ0) is 29.1. The van der Waals surface area contributed by atoms with E-state index in [4.69, 9.17) is 14.2 Å². The second kappa shape index (κ2) is 11.6. The molecule has 0 aliphatic heterocycles. The number of aryl methyl sites for hydroxylation is 1. The molecule has 1 aliphatic rings. The molecule has 2 unspecified atom stereocenters. The zero-order valence-corrected chi connectivity index (χ0v) is 23.2. The van der Waals surface area contributed by atoms with Crippen LogP contribution in [0.2, 0.25) is 0 Å². The molecule has 2 atom stereocenters. The van der Waals surface area contributed by atoms with E-state index in [9.17, 15) is 14.4 Å². The molecule has 0 amide bonds. The maximum absolute atomic E-state index is 12.4. The van der Waals surface area contributed by atoms with E-state index in [-0.39, 0.29) is 0 Å². The van der Waals surface area contributed by atoms with Crippen LogP contribution in [0.5, 0.6) is 5.75 Å². The highest BCUT2D eigenvalue weighted by atomic mass is 16.6. The second-order valence-corrected chi connectivity index (χ2v) is 10.2. The first-order valence-corrected chi connectivity index (χ1v) is 12.9. The summed E-state index contributed by atoms with van der Waals surface area (Å²) in [6.07, 6.45) is -0.789. The number of carbonyl (C=O) groups is 3. The predicted molar refractivity (Wildman–Crippen MR) is 154 cm³/mol. The molecule has 3 aromatic carbocycles. The summed E-state index contributed by atoms with van der Waals surface area (Å²) in [5, 5.41) is 0. The first-order chi connectivity index (χ1) is 18.9. The number of hydrogen-bond donors (Lipinski definition) is 0. The first kappa shape index (κ1) is 28.3. The van der Waals surface area contributed by atoms with E-state index in [1.165, 1.54) is 0 Å². The van der Waals surface area contributed by atoms with E-state index in [2.05, 4.69) is 25.8 Å². The Morgan fingerprint density at radius 3 is 1.73 bits per heavy atom. The second-order valence-electron chi connectivity index (χ2n) is 10.2. The van der Waals surface area contributed by atoms with Crippen molar-refractivity contribution < 1.29 is 28.6 Å². The van der Waals surface area contributed by atoms with Gasteiger partial charge in [0, 0.05) is 28.7 Å². The van der Waals surface area contributed by atoms with Crippen molar-refractivity contribution in [1.82, 2.24) is 0 Å². The van der Waals surface area contributed by atoms with Gasteiger partial charge in [0.2, 0.25) is 0 Å². The molecule has 6 nitrogen and oxygen atoms in total. The highest BCUT2D eigenvalue weighted by Gasteiger charge is 2.36. The molecule has 0 spiro atoms. The molecule has 0 radical (unpaired) electrons. The molecule has 4 rings (SSSR count). The van der Waals surface area contributed by atoms with Crippen LogP contribution in [0.15, 0.2) is 97.1 Å². The average Bonchev–Trinajstić information content (AvgIpc) is 3.24. The fraction of sp³-hybridized carbons (Fsp3) is 0.206. The van der Waals surface area contributed by atoms with Gasteiger partial charge in [0.1, 0.15) is 18.0 Å². The van der Waals surface area contributed by atoms with Crippen LogP contribution in [0.3, 0.4) is 0 Å². The first-order valence-electron chi connectivity index (χ1n) is 12.9. The van der Waals surface area contributed by atoms with Gasteiger partial charge < -0.3 is 14.2 Å². The van der Waals surface area contributed by atoms with Crippen LogP contribution in [-0.4, -0.2) is 17.9 Å². The van der Waals surface area contributed by atoms with Crippen molar-refractivity contribution in [3.05, 3.63) is 114 Å². The van der Waals surface area contributed by atoms with Crippen LogP contribution in [-0.2, 0) is 23.9 Å². The number of esters is 3. The lowest BCUT2D eigenvalue weighted by Crippen LogP contribution is -2.12. The normalized spacial score (nSPS) is 15.5. The summed E-state index contributed by atoms with van der Waals surface area (Å²) >= 11 is 0. The largest absolute Gasteiger partial charge is 0.454 e. The lowest BCUT2D eigenvalue weighted by atomic mass is 9.93. The van der Waals surface area contributed by atoms with Gasteiger partial charge in [0.15, 0.2) is 0 Å². The van der Waals surface area contributed by atoms with Gasteiger partial charge in [-0.2, -0.15) is 0 Å². The zero-order valence-electron chi connectivity index (χ0n) is 23.2. The number of hydrogen-bond acceptors (Lipinski definition) is 6. The number of benzene rings is 3. The lowest BCUT2D eigenvalue weighted by molar-refractivity contribution is -0.149. The molecule has 0 aromatic heterocycles. The summed E-state index contributed by atoms with van der Waals surface area (Å²) in [6.45, 7) is 17.8. The number of ether oxygens (including phenoxy) is 3. The van der Waals surface area contributed by atoms with Crippen molar-refractivity contribution >= 4 is 17.9 Å². The Morgan fingerprint density at radius 2 is 1.18 bits per heavy atom. The summed E-state index contributed by atoms with van der Waals surface area (Å²) in [6, 6.07) is 19.4. The van der Waals surface area contributed by atoms with Gasteiger partial charge in [-0.25, -0.2) is 14.4 Å². The van der Waals surface area contributed by atoms with Gasteiger partial charge in [0.25, 0.3) is 0 Å². The smallest absolute Gasteiger partial charge is 0.338 e. The Kier molecular flexibility index (Phi) is 8.19. The van der Waals surface area contributed by atoms with E-state index in [0.29, 0.717) is 28.9 Å². The van der Waals surface area contributed by atoms with Gasteiger partial charge in [-0.05, 0) is 79.3 Å². The van der Waals surface area contributed by atoms with Crippen LogP contribution in [0.4, 0.5) is 0 Å². The van der Waals surface area contributed by atoms with Crippen molar-refractivity contribution in [1.29, 1.82) is 0 Å². The summed E-state index contributed by atoms with van der Waals surface area (Å²) < 4.78 is 16.7. The molecular weight excluding hydrogens is 504 g/mol. The molecule has 40 heavy (non-hydrogen) atoms. The highest BCUT2D eigenvalue weighted by molar-refractivity contribution is 5.89.